The molecule has 0 unspecified atom stereocenters. The highest BCUT2D eigenvalue weighted by atomic mass is 35.7. The van der Waals surface area contributed by atoms with Crippen molar-refractivity contribution in [1.82, 2.24) is 14.8 Å². The van der Waals surface area contributed by atoms with E-state index in [9.17, 15) is 8.42 Å². The van der Waals surface area contributed by atoms with Crippen molar-refractivity contribution < 1.29 is 13.2 Å². The fourth-order valence-corrected chi connectivity index (χ4v) is 3.30. The lowest BCUT2D eigenvalue weighted by Gasteiger charge is -2.22. The maximum atomic E-state index is 11.5. The van der Waals surface area contributed by atoms with Gasteiger partial charge in [-0.05, 0) is 25.7 Å². The Morgan fingerprint density at radius 3 is 2.39 bits per heavy atom. The molecule has 0 amide bonds. The van der Waals surface area contributed by atoms with Crippen molar-refractivity contribution in [2.45, 2.75) is 42.8 Å². The smallest absolute Gasteiger partial charge is 0.296 e. The molecule has 0 aromatic carbocycles. The maximum absolute atomic E-state index is 11.5. The molecule has 1 aromatic heterocycles. The topological polar surface area (TPSA) is 74.1 Å². The standard InChI is InChI=1S/C10H14ClN3O3S/c11-18(15,16)10-13-12-9(14(10)8-1-2-8)7-3-5-17-6-4-7/h7-8H,1-6H2. The van der Waals surface area contributed by atoms with Gasteiger partial charge in [0.15, 0.2) is 0 Å². The molecule has 6 nitrogen and oxygen atoms in total. The second kappa shape index (κ2) is 4.47. The number of halogens is 1. The minimum Gasteiger partial charge on any atom is -0.381 e. The molecule has 2 aliphatic rings. The zero-order chi connectivity index (χ0) is 12.8. The summed E-state index contributed by atoms with van der Waals surface area (Å²) in [5.41, 5.74) is 0. The number of aromatic nitrogens is 3. The van der Waals surface area contributed by atoms with Gasteiger partial charge in [0.1, 0.15) is 5.82 Å². The summed E-state index contributed by atoms with van der Waals surface area (Å²) in [6.07, 6.45) is 3.64. The molecule has 0 radical (unpaired) electrons. The average molecular weight is 292 g/mol. The van der Waals surface area contributed by atoms with Crippen molar-refractivity contribution in [2.75, 3.05) is 13.2 Å². The normalized spacial score (nSPS) is 22.3. The van der Waals surface area contributed by atoms with Crippen molar-refractivity contribution in [1.29, 1.82) is 0 Å². The first-order chi connectivity index (χ1) is 8.57. The predicted octanol–water partition coefficient (Wildman–Crippen LogP) is 1.43. The highest BCUT2D eigenvalue weighted by molar-refractivity contribution is 8.13. The van der Waals surface area contributed by atoms with Gasteiger partial charge in [0.05, 0.1) is 0 Å². The Morgan fingerprint density at radius 2 is 1.83 bits per heavy atom. The van der Waals surface area contributed by atoms with Gasteiger partial charge in [-0.3, -0.25) is 4.57 Å². The van der Waals surface area contributed by atoms with Crippen LogP contribution in [0.5, 0.6) is 0 Å². The second-order valence-electron chi connectivity index (χ2n) is 4.77. The zero-order valence-corrected chi connectivity index (χ0v) is 11.3. The lowest BCUT2D eigenvalue weighted by atomic mass is 9.99. The van der Waals surface area contributed by atoms with Crippen molar-refractivity contribution in [3.8, 4) is 0 Å². The van der Waals surface area contributed by atoms with E-state index in [1.54, 1.807) is 4.57 Å². The maximum Gasteiger partial charge on any atom is 0.296 e. The summed E-state index contributed by atoms with van der Waals surface area (Å²) in [5, 5.41) is 7.73. The quantitative estimate of drug-likeness (QED) is 0.788. The number of hydrogen-bond donors (Lipinski definition) is 0. The van der Waals surface area contributed by atoms with Crippen LogP contribution in [0.25, 0.3) is 0 Å². The highest BCUT2D eigenvalue weighted by Crippen LogP contribution is 2.40. The summed E-state index contributed by atoms with van der Waals surface area (Å²) in [6.45, 7) is 1.37. The molecule has 1 aliphatic heterocycles. The summed E-state index contributed by atoms with van der Waals surface area (Å²) in [4.78, 5) is 0. The third kappa shape index (κ3) is 2.26. The van der Waals surface area contributed by atoms with Crippen molar-refractivity contribution >= 4 is 19.7 Å². The van der Waals surface area contributed by atoms with E-state index in [4.69, 9.17) is 15.4 Å². The van der Waals surface area contributed by atoms with E-state index in [0.29, 0.717) is 13.2 Å². The Bertz CT molecular complexity index is 547. The highest BCUT2D eigenvalue weighted by Gasteiger charge is 2.36. The van der Waals surface area contributed by atoms with Gasteiger partial charge < -0.3 is 4.74 Å². The lowest BCUT2D eigenvalue weighted by molar-refractivity contribution is 0.0826. The zero-order valence-electron chi connectivity index (χ0n) is 9.75. The Morgan fingerprint density at radius 1 is 1.17 bits per heavy atom. The van der Waals surface area contributed by atoms with Gasteiger partial charge in [0, 0.05) is 35.9 Å². The van der Waals surface area contributed by atoms with E-state index in [-0.39, 0.29) is 17.1 Å². The molecule has 0 atom stereocenters. The van der Waals surface area contributed by atoms with E-state index in [0.717, 1.165) is 31.5 Å². The molecule has 8 heteroatoms. The fourth-order valence-electron chi connectivity index (χ4n) is 2.36. The van der Waals surface area contributed by atoms with Crippen molar-refractivity contribution in [3.63, 3.8) is 0 Å². The number of rotatable bonds is 3. The SMILES string of the molecule is O=S(=O)(Cl)c1nnc(C2CCOCC2)n1C1CC1. The number of ether oxygens (including phenoxy) is 1. The van der Waals surface area contributed by atoms with Gasteiger partial charge in [-0.2, -0.15) is 0 Å². The van der Waals surface area contributed by atoms with Crippen LogP contribution >= 0.6 is 10.7 Å². The molecule has 1 aliphatic carbocycles. The van der Waals surface area contributed by atoms with E-state index in [1.165, 1.54) is 0 Å². The summed E-state index contributed by atoms with van der Waals surface area (Å²) in [7, 11) is 1.59. The van der Waals surface area contributed by atoms with Gasteiger partial charge in [0.25, 0.3) is 14.2 Å². The minimum atomic E-state index is -3.83. The predicted molar refractivity (Wildman–Crippen MR) is 64.1 cm³/mol. The first-order valence-corrected chi connectivity index (χ1v) is 8.35. The number of hydrogen-bond acceptors (Lipinski definition) is 5. The van der Waals surface area contributed by atoms with Gasteiger partial charge in [0.2, 0.25) is 0 Å². The van der Waals surface area contributed by atoms with Crippen LogP contribution in [0.4, 0.5) is 0 Å². The summed E-state index contributed by atoms with van der Waals surface area (Å²) in [6, 6.07) is 0.196. The molecule has 1 saturated carbocycles. The third-order valence-corrected chi connectivity index (χ3v) is 4.54. The molecule has 3 rings (SSSR count). The Balaban J connectivity index is 2.01. The van der Waals surface area contributed by atoms with Gasteiger partial charge in [-0.1, -0.05) is 0 Å². The largest absolute Gasteiger partial charge is 0.381 e. The summed E-state index contributed by atoms with van der Waals surface area (Å²) >= 11 is 0. The molecule has 2 heterocycles. The van der Waals surface area contributed by atoms with Crippen LogP contribution in [0.1, 0.15) is 43.5 Å². The molecule has 0 bridgehead atoms. The Labute approximate surface area is 110 Å². The fraction of sp³-hybridized carbons (Fsp3) is 0.800. The molecule has 2 fully saturated rings. The van der Waals surface area contributed by atoms with Crippen LogP contribution in [-0.2, 0) is 13.8 Å². The van der Waals surface area contributed by atoms with Crippen LogP contribution in [0, 0.1) is 0 Å². The summed E-state index contributed by atoms with van der Waals surface area (Å²) < 4.78 is 30.0. The van der Waals surface area contributed by atoms with Crippen molar-refractivity contribution in [3.05, 3.63) is 5.82 Å². The molecule has 1 aromatic rings. The molecule has 100 valence electrons. The molecular weight excluding hydrogens is 278 g/mol. The Hall–Kier alpha value is -0.660. The van der Waals surface area contributed by atoms with Crippen LogP contribution in [0.15, 0.2) is 5.16 Å². The molecule has 0 N–H and O–H groups in total. The number of nitrogens with zero attached hydrogens (tertiary/aromatic N) is 3. The first-order valence-electron chi connectivity index (χ1n) is 6.04. The van der Waals surface area contributed by atoms with E-state index < -0.39 is 9.05 Å². The third-order valence-electron chi connectivity index (χ3n) is 3.41. The van der Waals surface area contributed by atoms with Crippen LogP contribution in [-0.4, -0.2) is 36.4 Å². The molecular formula is C10H14ClN3O3S. The summed E-state index contributed by atoms with van der Waals surface area (Å²) in [5.74, 6) is 0.971. The molecule has 0 spiro atoms. The van der Waals surface area contributed by atoms with E-state index in [1.807, 2.05) is 0 Å². The molecule has 1 saturated heterocycles. The first kappa shape index (κ1) is 12.4. The molecule has 18 heavy (non-hydrogen) atoms. The van der Waals surface area contributed by atoms with Crippen molar-refractivity contribution in [2.24, 2.45) is 0 Å². The minimum absolute atomic E-state index is 0.104. The van der Waals surface area contributed by atoms with Gasteiger partial charge >= 0.3 is 0 Å². The monoisotopic (exact) mass is 291 g/mol. The van der Waals surface area contributed by atoms with Crippen LogP contribution < -0.4 is 0 Å². The van der Waals surface area contributed by atoms with Gasteiger partial charge in [-0.15, -0.1) is 10.2 Å². The van der Waals surface area contributed by atoms with Crippen LogP contribution in [0.3, 0.4) is 0 Å². The second-order valence-corrected chi connectivity index (χ2v) is 7.23. The van der Waals surface area contributed by atoms with E-state index in [2.05, 4.69) is 10.2 Å². The average Bonchev–Trinajstić information content (AvgIpc) is 3.07. The van der Waals surface area contributed by atoms with E-state index >= 15 is 0 Å². The van der Waals surface area contributed by atoms with Gasteiger partial charge in [-0.25, -0.2) is 8.42 Å². The van der Waals surface area contributed by atoms with Crippen LogP contribution in [0.2, 0.25) is 0 Å². The Kier molecular flexibility index (Phi) is 3.07. The lowest BCUT2D eigenvalue weighted by Crippen LogP contribution is -2.18.